The van der Waals surface area contributed by atoms with E-state index in [9.17, 15) is 9.90 Å². The van der Waals surface area contributed by atoms with Gasteiger partial charge in [0.05, 0.1) is 17.2 Å². The van der Waals surface area contributed by atoms with Crippen LogP contribution in [0.5, 0.6) is 0 Å². The number of aliphatic hydroxyl groups excluding tert-OH is 1. The van der Waals surface area contributed by atoms with Gasteiger partial charge < -0.3 is 10.4 Å². The van der Waals surface area contributed by atoms with E-state index >= 15 is 0 Å². The number of nitrogens with one attached hydrogen (secondary N) is 1. The Kier molecular flexibility index (Phi) is 3.93. The molecule has 1 saturated carbocycles. The van der Waals surface area contributed by atoms with Crippen LogP contribution < -0.4 is 5.32 Å². The second-order valence-corrected chi connectivity index (χ2v) is 5.62. The summed E-state index contributed by atoms with van der Waals surface area (Å²) >= 11 is 6.00. The Hall–Kier alpha value is -1.06. The SMILES string of the molecule is CC1(CO)CCCC1NC(=O)c1ccccc1Cl. The van der Waals surface area contributed by atoms with Crippen molar-refractivity contribution in [2.75, 3.05) is 6.61 Å². The predicted molar refractivity (Wildman–Crippen MR) is 71.8 cm³/mol. The Morgan fingerprint density at radius 3 is 2.94 bits per heavy atom. The standard InChI is InChI=1S/C14H18ClNO2/c1-14(9-17)8-4-7-12(14)16-13(18)10-5-2-3-6-11(10)15/h2-3,5-6,12,17H,4,7-9H2,1H3,(H,16,18). The van der Waals surface area contributed by atoms with Crippen LogP contribution in [0, 0.1) is 5.41 Å². The third-order valence-electron chi connectivity index (χ3n) is 3.87. The van der Waals surface area contributed by atoms with Gasteiger partial charge in [-0.3, -0.25) is 4.79 Å². The summed E-state index contributed by atoms with van der Waals surface area (Å²) in [6.07, 6.45) is 2.88. The molecule has 2 N–H and O–H groups in total. The number of hydrogen-bond donors (Lipinski definition) is 2. The van der Waals surface area contributed by atoms with E-state index in [0.29, 0.717) is 10.6 Å². The lowest BCUT2D eigenvalue weighted by Crippen LogP contribution is -2.44. The van der Waals surface area contributed by atoms with Crippen LogP contribution in [-0.2, 0) is 0 Å². The first kappa shape index (κ1) is 13.4. The zero-order valence-corrected chi connectivity index (χ0v) is 11.2. The number of carbonyl (C=O) groups is 1. The van der Waals surface area contributed by atoms with E-state index in [2.05, 4.69) is 5.32 Å². The molecule has 18 heavy (non-hydrogen) atoms. The molecule has 0 heterocycles. The monoisotopic (exact) mass is 267 g/mol. The summed E-state index contributed by atoms with van der Waals surface area (Å²) in [4.78, 5) is 12.1. The summed E-state index contributed by atoms with van der Waals surface area (Å²) in [5.74, 6) is -0.160. The summed E-state index contributed by atoms with van der Waals surface area (Å²) in [5, 5.41) is 12.9. The van der Waals surface area contributed by atoms with E-state index in [4.69, 9.17) is 11.6 Å². The van der Waals surface area contributed by atoms with Gasteiger partial charge in [-0.25, -0.2) is 0 Å². The molecule has 0 spiro atoms. The van der Waals surface area contributed by atoms with Crippen molar-refractivity contribution in [1.82, 2.24) is 5.32 Å². The second-order valence-electron chi connectivity index (χ2n) is 5.21. The highest BCUT2D eigenvalue weighted by Gasteiger charge is 2.39. The molecule has 98 valence electrons. The Bertz CT molecular complexity index is 449. The molecule has 0 aliphatic heterocycles. The average molecular weight is 268 g/mol. The minimum atomic E-state index is -0.211. The van der Waals surface area contributed by atoms with Crippen LogP contribution in [0.3, 0.4) is 0 Å². The zero-order valence-electron chi connectivity index (χ0n) is 10.4. The molecule has 1 aromatic carbocycles. The van der Waals surface area contributed by atoms with Crippen molar-refractivity contribution < 1.29 is 9.90 Å². The van der Waals surface area contributed by atoms with Crippen molar-refractivity contribution in [3.05, 3.63) is 34.9 Å². The molecule has 4 heteroatoms. The first-order valence-electron chi connectivity index (χ1n) is 6.23. The van der Waals surface area contributed by atoms with Gasteiger partial charge in [-0.15, -0.1) is 0 Å². The van der Waals surface area contributed by atoms with E-state index < -0.39 is 0 Å². The third kappa shape index (κ3) is 2.52. The van der Waals surface area contributed by atoms with Crippen LogP contribution in [0.2, 0.25) is 5.02 Å². The van der Waals surface area contributed by atoms with Crippen LogP contribution in [-0.4, -0.2) is 23.7 Å². The molecule has 1 fully saturated rings. The first-order valence-corrected chi connectivity index (χ1v) is 6.61. The molecular weight excluding hydrogens is 250 g/mol. The molecule has 0 bridgehead atoms. The van der Waals surface area contributed by atoms with Crippen molar-refractivity contribution >= 4 is 17.5 Å². The van der Waals surface area contributed by atoms with Crippen molar-refractivity contribution in [2.24, 2.45) is 5.41 Å². The van der Waals surface area contributed by atoms with Gasteiger partial charge in [-0.05, 0) is 25.0 Å². The van der Waals surface area contributed by atoms with Gasteiger partial charge in [-0.1, -0.05) is 37.1 Å². The summed E-state index contributed by atoms with van der Waals surface area (Å²) in [6, 6.07) is 7.03. The van der Waals surface area contributed by atoms with Gasteiger partial charge in [0.15, 0.2) is 0 Å². The lowest BCUT2D eigenvalue weighted by molar-refractivity contribution is 0.0830. The number of aliphatic hydroxyl groups is 1. The summed E-state index contributed by atoms with van der Waals surface area (Å²) < 4.78 is 0. The van der Waals surface area contributed by atoms with Crippen molar-refractivity contribution in [3.63, 3.8) is 0 Å². The van der Waals surface area contributed by atoms with E-state index in [1.165, 1.54) is 0 Å². The maximum Gasteiger partial charge on any atom is 0.253 e. The number of rotatable bonds is 3. The molecule has 2 unspecified atom stereocenters. The molecule has 2 atom stereocenters. The van der Waals surface area contributed by atoms with Crippen molar-refractivity contribution in [2.45, 2.75) is 32.2 Å². The number of hydrogen-bond acceptors (Lipinski definition) is 2. The predicted octanol–water partition coefficient (Wildman–Crippen LogP) is 2.62. The molecular formula is C14H18ClNO2. The summed E-state index contributed by atoms with van der Waals surface area (Å²) in [6.45, 7) is 2.11. The Balaban J connectivity index is 2.11. The van der Waals surface area contributed by atoms with E-state index in [1.54, 1.807) is 24.3 Å². The fraction of sp³-hybridized carbons (Fsp3) is 0.500. The first-order chi connectivity index (χ1) is 8.57. The van der Waals surface area contributed by atoms with Gasteiger partial charge in [0, 0.05) is 11.5 Å². The van der Waals surface area contributed by atoms with Crippen LogP contribution in [0.15, 0.2) is 24.3 Å². The van der Waals surface area contributed by atoms with E-state index in [1.807, 2.05) is 6.92 Å². The summed E-state index contributed by atoms with van der Waals surface area (Å²) in [7, 11) is 0. The fourth-order valence-electron chi connectivity index (χ4n) is 2.55. The zero-order chi connectivity index (χ0) is 13.2. The largest absolute Gasteiger partial charge is 0.396 e. The quantitative estimate of drug-likeness (QED) is 0.885. The Labute approximate surface area is 112 Å². The Morgan fingerprint density at radius 1 is 1.56 bits per heavy atom. The smallest absolute Gasteiger partial charge is 0.253 e. The van der Waals surface area contributed by atoms with E-state index in [0.717, 1.165) is 19.3 Å². The van der Waals surface area contributed by atoms with Crippen LogP contribution in [0.25, 0.3) is 0 Å². The van der Waals surface area contributed by atoms with Gasteiger partial charge in [-0.2, -0.15) is 0 Å². The van der Waals surface area contributed by atoms with Crippen LogP contribution in [0.4, 0.5) is 0 Å². The van der Waals surface area contributed by atoms with Crippen LogP contribution >= 0.6 is 11.6 Å². The molecule has 1 aromatic rings. The Morgan fingerprint density at radius 2 is 2.28 bits per heavy atom. The maximum absolute atomic E-state index is 12.1. The highest BCUT2D eigenvalue weighted by molar-refractivity contribution is 6.33. The average Bonchev–Trinajstić information content (AvgIpc) is 2.72. The highest BCUT2D eigenvalue weighted by atomic mass is 35.5. The normalized spacial score (nSPS) is 27.2. The lowest BCUT2D eigenvalue weighted by Gasteiger charge is -2.30. The van der Waals surface area contributed by atoms with Gasteiger partial charge in [0.2, 0.25) is 0 Å². The molecule has 1 aliphatic rings. The molecule has 0 saturated heterocycles. The van der Waals surface area contributed by atoms with Crippen molar-refractivity contribution in [1.29, 1.82) is 0 Å². The van der Waals surface area contributed by atoms with Gasteiger partial charge in [0.1, 0.15) is 0 Å². The second kappa shape index (κ2) is 5.29. The van der Waals surface area contributed by atoms with E-state index in [-0.39, 0.29) is 24.0 Å². The van der Waals surface area contributed by atoms with Gasteiger partial charge in [0.25, 0.3) is 5.91 Å². The minimum absolute atomic E-state index is 0.0197. The van der Waals surface area contributed by atoms with Crippen LogP contribution in [0.1, 0.15) is 36.5 Å². The lowest BCUT2D eigenvalue weighted by atomic mass is 9.85. The third-order valence-corrected chi connectivity index (χ3v) is 4.20. The van der Waals surface area contributed by atoms with Crippen molar-refractivity contribution in [3.8, 4) is 0 Å². The molecule has 0 radical (unpaired) electrons. The number of carbonyl (C=O) groups excluding carboxylic acids is 1. The highest BCUT2D eigenvalue weighted by Crippen LogP contribution is 2.37. The molecule has 1 amide bonds. The molecule has 3 nitrogen and oxygen atoms in total. The minimum Gasteiger partial charge on any atom is -0.396 e. The number of halogens is 1. The summed E-state index contributed by atoms with van der Waals surface area (Å²) in [5.41, 5.74) is 0.281. The molecule has 1 aliphatic carbocycles. The maximum atomic E-state index is 12.1. The number of amides is 1. The van der Waals surface area contributed by atoms with Gasteiger partial charge >= 0.3 is 0 Å². The topological polar surface area (TPSA) is 49.3 Å². The molecule has 2 rings (SSSR count). The molecule has 0 aromatic heterocycles. The fourth-order valence-corrected chi connectivity index (χ4v) is 2.77. The number of benzene rings is 1.